The molecule has 3 heteroatoms. The maximum Gasteiger partial charge on any atom is 0.124 e. The van der Waals surface area contributed by atoms with Gasteiger partial charge in [-0.3, -0.25) is 4.90 Å². The molecule has 3 rings (SSSR count). The van der Waals surface area contributed by atoms with Crippen LogP contribution >= 0.6 is 0 Å². The number of H-pyrrole nitrogens is 1. The third-order valence-electron chi connectivity index (χ3n) is 4.14. The van der Waals surface area contributed by atoms with E-state index in [4.69, 9.17) is 4.98 Å². The molecular formula is C16H23N3. The van der Waals surface area contributed by atoms with Gasteiger partial charge < -0.3 is 4.98 Å². The summed E-state index contributed by atoms with van der Waals surface area (Å²) in [6.07, 6.45) is 6.45. The molecule has 1 aliphatic rings. The van der Waals surface area contributed by atoms with Crippen LogP contribution in [-0.4, -0.2) is 28.0 Å². The fraction of sp³-hybridized carbons (Fsp3) is 0.562. The molecule has 0 spiro atoms. The van der Waals surface area contributed by atoms with Crippen LogP contribution in [0.2, 0.25) is 0 Å². The number of rotatable bonds is 4. The van der Waals surface area contributed by atoms with E-state index in [2.05, 4.69) is 41.1 Å². The minimum atomic E-state index is 0.493. The van der Waals surface area contributed by atoms with Crippen molar-refractivity contribution in [2.45, 2.75) is 45.1 Å². The fourth-order valence-corrected chi connectivity index (χ4v) is 3.06. The fourth-order valence-electron chi connectivity index (χ4n) is 3.06. The van der Waals surface area contributed by atoms with Crippen LogP contribution in [0.25, 0.3) is 11.0 Å². The number of nitrogens with zero attached hydrogens (tertiary/aromatic N) is 2. The number of piperidine rings is 1. The molecule has 19 heavy (non-hydrogen) atoms. The van der Waals surface area contributed by atoms with E-state index in [9.17, 15) is 0 Å². The highest BCUT2D eigenvalue weighted by Crippen LogP contribution is 2.30. The van der Waals surface area contributed by atoms with E-state index in [1.54, 1.807) is 0 Å². The van der Waals surface area contributed by atoms with Gasteiger partial charge in [0.05, 0.1) is 17.1 Å². The van der Waals surface area contributed by atoms with Crippen LogP contribution in [0.15, 0.2) is 24.3 Å². The van der Waals surface area contributed by atoms with Crippen LogP contribution in [-0.2, 0) is 0 Å². The highest BCUT2D eigenvalue weighted by molar-refractivity contribution is 5.74. The van der Waals surface area contributed by atoms with Crippen LogP contribution in [0, 0.1) is 0 Å². The molecule has 0 bridgehead atoms. The van der Waals surface area contributed by atoms with E-state index in [1.165, 1.54) is 50.7 Å². The number of fused-ring (bicyclic) bond motifs is 1. The van der Waals surface area contributed by atoms with E-state index in [-0.39, 0.29) is 0 Å². The van der Waals surface area contributed by atoms with Gasteiger partial charge in [-0.05, 0) is 44.5 Å². The summed E-state index contributed by atoms with van der Waals surface area (Å²) in [7, 11) is 0. The van der Waals surface area contributed by atoms with E-state index in [1.807, 2.05) is 0 Å². The first-order valence-electron chi connectivity index (χ1n) is 7.57. The molecule has 102 valence electrons. The zero-order valence-corrected chi connectivity index (χ0v) is 11.7. The number of likely N-dealkylation sites (tertiary alicyclic amines) is 1. The summed E-state index contributed by atoms with van der Waals surface area (Å²) in [5.74, 6) is 1.16. The van der Waals surface area contributed by atoms with E-state index in [0.29, 0.717) is 6.04 Å². The number of aromatic nitrogens is 2. The van der Waals surface area contributed by atoms with Gasteiger partial charge in [-0.15, -0.1) is 0 Å². The maximum atomic E-state index is 4.80. The predicted octanol–water partition coefficient (Wildman–Crippen LogP) is 3.89. The second kappa shape index (κ2) is 5.74. The lowest BCUT2D eigenvalue weighted by atomic mass is 10.0. The molecule has 1 aliphatic heterocycles. The van der Waals surface area contributed by atoms with Crippen molar-refractivity contribution in [2.75, 3.05) is 13.1 Å². The van der Waals surface area contributed by atoms with Gasteiger partial charge in [0.15, 0.2) is 0 Å². The summed E-state index contributed by atoms with van der Waals surface area (Å²) in [6, 6.07) is 8.83. The largest absolute Gasteiger partial charge is 0.341 e. The number of hydrogen-bond donors (Lipinski definition) is 1. The van der Waals surface area contributed by atoms with Gasteiger partial charge in [0, 0.05) is 0 Å². The van der Waals surface area contributed by atoms with Crippen LogP contribution in [0.1, 0.15) is 50.9 Å². The molecule has 2 aromatic rings. The molecule has 0 saturated carbocycles. The maximum absolute atomic E-state index is 4.80. The summed E-state index contributed by atoms with van der Waals surface area (Å²) in [4.78, 5) is 10.9. The minimum absolute atomic E-state index is 0.493. The average Bonchev–Trinajstić information content (AvgIpc) is 2.89. The quantitative estimate of drug-likeness (QED) is 0.901. The van der Waals surface area contributed by atoms with Gasteiger partial charge in [0.25, 0.3) is 0 Å². The molecule has 1 atom stereocenters. The van der Waals surface area contributed by atoms with Gasteiger partial charge >= 0.3 is 0 Å². The second-order valence-corrected chi connectivity index (χ2v) is 5.54. The van der Waals surface area contributed by atoms with Gasteiger partial charge in [-0.25, -0.2) is 4.98 Å². The first-order chi connectivity index (χ1) is 9.38. The third-order valence-corrected chi connectivity index (χ3v) is 4.14. The standard InChI is InChI=1S/C16H23N3/c1-2-3-11-19-12-7-6-10-15(19)16-17-13-8-4-5-9-14(13)18-16/h4-5,8-9,15H,2-3,6-7,10-12H2,1H3,(H,17,18)/t15-/m0/s1. The summed E-state index contributed by atoms with van der Waals surface area (Å²) in [6.45, 7) is 4.69. The van der Waals surface area contributed by atoms with Crippen molar-refractivity contribution in [3.05, 3.63) is 30.1 Å². The van der Waals surface area contributed by atoms with E-state index in [0.717, 1.165) is 11.3 Å². The highest BCUT2D eigenvalue weighted by Gasteiger charge is 2.25. The molecule has 1 fully saturated rings. The molecule has 1 aromatic carbocycles. The number of para-hydroxylation sites is 2. The van der Waals surface area contributed by atoms with Crippen LogP contribution < -0.4 is 0 Å². The third kappa shape index (κ3) is 2.66. The molecule has 1 N–H and O–H groups in total. The van der Waals surface area contributed by atoms with E-state index < -0.39 is 0 Å². The monoisotopic (exact) mass is 257 g/mol. The number of benzene rings is 1. The second-order valence-electron chi connectivity index (χ2n) is 5.54. The van der Waals surface area contributed by atoms with Gasteiger partial charge in [0.1, 0.15) is 5.82 Å². The Morgan fingerprint density at radius 3 is 3.05 bits per heavy atom. The lowest BCUT2D eigenvalue weighted by Gasteiger charge is -2.34. The Bertz CT molecular complexity index is 499. The molecular weight excluding hydrogens is 234 g/mol. The summed E-state index contributed by atoms with van der Waals surface area (Å²) < 4.78 is 0. The van der Waals surface area contributed by atoms with Crippen molar-refractivity contribution in [1.82, 2.24) is 14.9 Å². The predicted molar refractivity (Wildman–Crippen MR) is 79.2 cm³/mol. The Morgan fingerprint density at radius 1 is 1.32 bits per heavy atom. The number of hydrogen-bond acceptors (Lipinski definition) is 2. The first kappa shape index (κ1) is 12.7. The highest BCUT2D eigenvalue weighted by atomic mass is 15.2. The molecule has 0 amide bonds. The van der Waals surface area contributed by atoms with E-state index >= 15 is 0 Å². The molecule has 0 radical (unpaired) electrons. The molecule has 1 aromatic heterocycles. The van der Waals surface area contributed by atoms with Crippen molar-refractivity contribution < 1.29 is 0 Å². The Kier molecular flexibility index (Phi) is 3.83. The zero-order valence-electron chi connectivity index (χ0n) is 11.7. The Labute approximate surface area is 115 Å². The topological polar surface area (TPSA) is 31.9 Å². The first-order valence-corrected chi connectivity index (χ1v) is 7.57. The molecule has 1 saturated heterocycles. The summed E-state index contributed by atoms with van der Waals surface area (Å²) in [5, 5.41) is 0. The molecule has 0 unspecified atom stereocenters. The Balaban J connectivity index is 1.84. The zero-order chi connectivity index (χ0) is 13.1. The molecule has 0 aliphatic carbocycles. The lowest BCUT2D eigenvalue weighted by Crippen LogP contribution is -2.34. The van der Waals surface area contributed by atoms with Crippen molar-refractivity contribution in [1.29, 1.82) is 0 Å². The number of unbranched alkanes of at least 4 members (excludes halogenated alkanes) is 1. The van der Waals surface area contributed by atoms with Gasteiger partial charge in [-0.1, -0.05) is 31.9 Å². The van der Waals surface area contributed by atoms with Crippen molar-refractivity contribution in [3.63, 3.8) is 0 Å². The normalized spacial score (nSPS) is 21.0. The lowest BCUT2D eigenvalue weighted by molar-refractivity contribution is 0.141. The van der Waals surface area contributed by atoms with Gasteiger partial charge in [0.2, 0.25) is 0 Å². The van der Waals surface area contributed by atoms with Crippen LogP contribution in [0.5, 0.6) is 0 Å². The summed E-state index contributed by atoms with van der Waals surface area (Å²) >= 11 is 0. The molecule has 2 heterocycles. The molecule has 3 nitrogen and oxygen atoms in total. The summed E-state index contributed by atoms with van der Waals surface area (Å²) in [5.41, 5.74) is 2.26. The Morgan fingerprint density at radius 2 is 2.21 bits per heavy atom. The smallest absolute Gasteiger partial charge is 0.124 e. The Hall–Kier alpha value is -1.35. The number of nitrogens with one attached hydrogen (secondary N) is 1. The van der Waals surface area contributed by atoms with Crippen LogP contribution in [0.4, 0.5) is 0 Å². The van der Waals surface area contributed by atoms with Crippen molar-refractivity contribution in [2.24, 2.45) is 0 Å². The minimum Gasteiger partial charge on any atom is -0.341 e. The van der Waals surface area contributed by atoms with Gasteiger partial charge in [-0.2, -0.15) is 0 Å². The number of aromatic amines is 1. The van der Waals surface area contributed by atoms with Crippen molar-refractivity contribution >= 4 is 11.0 Å². The average molecular weight is 257 g/mol. The van der Waals surface area contributed by atoms with Crippen molar-refractivity contribution in [3.8, 4) is 0 Å². The van der Waals surface area contributed by atoms with Crippen LogP contribution in [0.3, 0.4) is 0 Å². The number of imidazole rings is 1. The SMILES string of the molecule is CCCCN1CCCC[C@H]1c1nc2ccccc2[nH]1.